The van der Waals surface area contributed by atoms with E-state index < -0.39 is 0 Å². The van der Waals surface area contributed by atoms with Gasteiger partial charge in [0.15, 0.2) is 0 Å². The van der Waals surface area contributed by atoms with Gasteiger partial charge < -0.3 is 19.5 Å². The number of nitrogens with zero attached hydrogens (tertiary/aromatic N) is 2. The molecule has 138 valence electrons. The average molecular weight is 348 g/mol. The number of hydrogen-bond donors (Lipinski definition) is 1. The Morgan fingerprint density at radius 3 is 2.84 bits per heavy atom. The summed E-state index contributed by atoms with van der Waals surface area (Å²) in [5.41, 5.74) is 0.586. The van der Waals surface area contributed by atoms with Crippen LogP contribution in [-0.4, -0.2) is 59.9 Å². The predicted octanol–water partition coefficient (Wildman–Crippen LogP) is 2.26. The Labute approximate surface area is 149 Å². The molecule has 2 aliphatic rings. The minimum atomic E-state index is 0.00151. The number of pyridine rings is 1. The summed E-state index contributed by atoms with van der Waals surface area (Å²) in [4.78, 5) is 18.9. The number of aliphatic hydroxyl groups is 1. The number of ether oxygens (including phenoxy) is 2. The van der Waals surface area contributed by atoms with Crippen molar-refractivity contribution in [2.75, 3.05) is 33.0 Å². The molecule has 1 N–H and O–H groups in total. The molecule has 0 unspecified atom stereocenters. The van der Waals surface area contributed by atoms with E-state index in [0.717, 1.165) is 51.9 Å². The van der Waals surface area contributed by atoms with Crippen molar-refractivity contribution in [2.45, 2.75) is 44.6 Å². The van der Waals surface area contributed by atoms with Gasteiger partial charge in [-0.3, -0.25) is 4.79 Å². The lowest BCUT2D eigenvalue weighted by Gasteiger charge is -2.35. The molecule has 1 aromatic heterocycles. The van der Waals surface area contributed by atoms with Crippen molar-refractivity contribution >= 4 is 5.91 Å². The molecule has 3 heterocycles. The van der Waals surface area contributed by atoms with E-state index in [2.05, 4.69) is 4.98 Å². The molecule has 2 saturated heterocycles. The molecule has 6 heteroatoms. The number of hydrogen-bond acceptors (Lipinski definition) is 5. The standard InChI is InChI=1S/C19H28N2O4/c22-10-6-17-3-1-2-9-21(17)19(23)16-4-5-18(20-13-16)25-14-15-7-11-24-12-8-15/h4-5,13,15,17,22H,1-3,6-12,14H2/t17-/m0/s1. The molecule has 2 fully saturated rings. The summed E-state index contributed by atoms with van der Waals surface area (Å²) < 4.78 is 11.1. The van der Waals surface area contributed by atoms with Crippen molar-refractivity contribution in [3.8, 4) is 5.88 Å². The first-order valence-corrected chi connectivity index (χ1v) is 9.36. The number of aliphatic hydroxyl groups excluding tert-OH is 1. The van der Waals surface area contributed by atoms with Gasteiger partial charge in [-0.05, 0) is 50.5 Å². The molecule has 1 atom stereocenters. The van der Waals surface area contributed by atoms with Crippen LogP contribution >= 0.6 is 0 Å². The zero-order chi connectivity index (χ0) is 17.5. The largest absolute Gasteiger partial charge is 0.477 e. The molecule has 6 nitrogen and oxygen atoms in total. The normalized spacial score (nSPS) is 22.0. The van der Waals surface area contributed by atoms with Gasteiger partial charge in [-0.25, -0.2) is 4.98 Å². The summed E-state index contributed by atoms with van der Waals surface area (Å²) in [6, 6.07) is 3.70. The molecule has 0 spiro atoms. The van der Waals surface area contributed by atoms with Crippen LogP contribution in [0, 0.1) is 5.92 Å². The Balaban J connectivity index is 1.56. The lowest BCUT2D eigenvalue weighted by molar-refractivity contribution is 0.0489. The highest BCUT2D eigenvalue weighted by atomic mass is 16.5. The minimum absolute atomic E-state index is 0.00151. The number of amides is 1. The maximum Gasteiger partial charge on any atom is 0.255 e. The Hall–Kier alpha value is -1.66. The number of carbonyl (C=O) groups is 1. The zero-order valence-corrected chi connectivity index (χ0v) is 14.7. The number of likely N-dealkylation sites (tertiary alicyclic amines) is 1. The van der Waals surface area contributed by atoms with Gasteiger partial charge in [0.05, 0.1) is 12.2 Å². The molecule has 2 aliphatic heterocycles. The van der Waals surface area contributed by atoms with Gasteiger partial charge in [0, 0.05) is 44.7 Å². The number of piperidine rings is 1. The summed E-state index contributed by atoms with van der Waals surface area (Å²) in [6.07, 6.45) is 7.40. The highest BCUT2D eigenvalue weighted by Gasteiger charge is 2.27. The van der Waals surface area contributed by atoms with Crippen molar-refractivity contribution in [3.63, 3.8) is 0 Å². The van der Waals surface area contributed by atoms with Gasteiger partial charge >= 0.3 is 0 Å². The smallest absolute Gasteiger partial charge is 0.255 e. The van der Waals surface area contributed by atoms with Gasteiger partial charge in [0.25, 0.3) is 5.91 Å². The van der Waals surface area contributed by atoms with E-state index in [1.165, 1.54) is 0 Å². The highest BCUT2D eigenvalue weighted by Crippen LogP contribution is 2.22. The van der Waals surface area contributed by atoms with Crippen LogP contribution in [0.2, 0.25) is 0 Å². The zero-order valence-electron chi connectivity index (χ0n) is 14.7. The van der Waals surface area contributed by atoms with E-state index in [1.807, 2.05) is 4.90 Å². The van der Waals surface area contributed by atoms with Crippen LogP contribution in [0.4, 0.5) is 0 Å². The Bertz CT molecular complexity index is 541. The lowest BCUT2D eigenvalue weighted by Crippen LogP contribution is -2.44. The van der Waals surface area contributed by atoms with Crippen LogP contribution in [-0.2, 0) is 4.74 Å². The predicted molar refractivity (Wildman–Crippen MR) is 93.7 cm³/mol. The van der Waals surface area contributed by atoms with Crippen LogP contribution in [0.15, 0.2) is 18.3 Å². The number of rotatable bonds is 6. The van der Waals surface area contributed by atoms with Gasteiger partial charge in [0.2, 0.25) is 5.88 Å². The summed E-state index contributed by atoms with van der Waals surface area (Å²) in [6.45, 7) is 3.13. The van der Waals surface area contributed by atoms with E-state index in [4.69, 9.17) is 9.47 Å². The second-order valence-corrected chi connectivity index (χ2v) is 6.91. The van der Waals surface area contributed by atoms with Crippen LogP contribution < -0.4 is 4.74 Å². The quantitative estimate of drug-likeness (QED) is 0.854. The monoisotopic (exact) mass is 348 g/mol. The Kier molecular flexibility index (Phi) is 6.64. The lowest BCUT2D eigenvalue weighted by atomic mass is 9.98. The van der Waals surface area contributed by atoms with Crippen molar-refractivity contribution in [1.82, 2.24) is 9.88 Å². The molecule has 0 aromatic carbocycles. The number of aromatic nitrogens is 1. The molecular formula is C19H28N2O4. The van der Waals surface area contributed by atoms with Crippen molar-refractivity contribution in [3.05, 3.63) is 23.9 Å². The van der Waals surface area contributed by atoms with E-state index in [1.54, 1.807) is 18.3 Å². The van der Waals surface area contributed by atoms with Gasteiger partial charge in [-0.15, -0.1) is 0 Å². The molecule has 1 amide bonds. The topological polar surface area (TPSA) is 71.9 Å². The Morgan fingerprint density at radius 2 is 2.12 bits per heavy atom. The molecule has 0 aliphatic carbocycles. The van der Waals surface area contributed by atoms with Crippen molar-refractivity contribution in [1.29, 1.82) is 0 Å². The van der Waals surface area contributed by atoms with E-state index in [0.29, 0.717) is 30.4 Å². The molecular weight excluding hydrogens is 320 g/mol. The van der Waals surface area contributed by atoms with Gasteiger partial charge in [0.1, 0.15) is 0 Å². The van der Waals surface area contributed by atoms with Gasteiger partial charge in [-0.2, -0.15) is 0 Å². The summed E-state index contributed by atoms with van der Waals surface area (Å²) >= 11 is 0. The third kappa shape index (κ3) is 4.92. The van der Waals surface area contributed by atoms with Crippen LogP contribution in [0.3, 0.4) is 0 Å². The first-order valence-electron chi connectivity index (χ1n) is 9.36. The molecule has 3 rings (SSSR count). The fraction of sp³-hybridized carbons (Fsp3) is 0.684. The Morgan fingerprint density at radius 1 is 1.28 bits per heavy atom. The van der Waals surface area contributed by atoms with E-state index in [9.17, 15) is 9.90 Å². The molecule has 25 heavy (non-hydrogen) atoms. The summed E-state index contributed by atoms with van der Waals surface area (Å²) in [7, 11) is 0. The third-order valence-corrected chi connectivity index (χ3v) is 5.14. The maximum absolute atomic E-state index is 12.8. The summed E-state index contributed by atoms with van der Waals surface area (Å²) in [5.74, 6) is 1.08. The van der Waals surface area contributed by atoms with Crippen LogP contribution in [0.1, 0.15) is 48.9 Å². The minimum Gasteiger partial charge on any atom is -0.477 e. The first-order chi connectivity index (χ1) is 12.3. The molecule has 0 bridgehead atoms. The fourth-order valence-electron chi connectivity index (χ4n) is 3.59. The van der Waals surface area contributed by atoms with Crippen LogP contribution in [0.5, 0.6) is 5.88 Å². The molecule has 0 radical (unpaired) electrons. The second-order valence-electron chi connectivity index (χ2n) is 6.91. The molecule has 0 saturated carbocycles. The third-order valence-electron chi connectivity index (χ3n) is 5.14. The van der Waals surface area contributed by atoms with Crippen molar-refractivity contribution < 1.29 is 19.4 Å². The number of carbonyl (C=O) groups excluding carboxylic acids is 1. The first kappa shape index (κ1) is 18.1. The van der Waals surface area contributed by atoms with Crippen molar-refractivity contribution in [2.24, 2.45) is 5.92 Å². The molecule has 1 aromatic rings. The van der Waals surface area contributed by atoms with Crippen LogP contribution in [0.25, 0.3) is 0 Å². The second kappa shape index (κ2) is 9.15. The highest BCUT2D eigenvalue weighted by molar-refractivity contribution is 5.94. The SMILES string of the molecule is O=C(c1ccc(OCC2CCOCC2)nc1)N1CCCC[C@H]1CCO. The van der Waals surface area contributed by atoms with Gasteiger partial charge in [-0.1, -0.05) is 0 Å². The van der Waals surface area contributed by atoms with E-state index in [-0.39, 0.29) is 18.6 Å². The fourth-order valence-corrected chi connectivity index (χ4v) is 3.59. The summed E-state index contributed by atoms with van der Waals surface area (Å²) in [5, 5.41) is 9.22. The maximum atomic E-state index is 12.8. The van der Waals surface area contributed by atoms with E-state index >= 15 is 0 Å². The average Bonchev–Trinajstić information content (AvgIpc) is 2.68.